The Morgan fingerprint density at radius 2 is 2.03 bits per heavy atom. The van der Waals surface area contributed by atoms with Gasteiger partial charge in [-0.2, -0.15) is 4.98 Å². The van der Waals surface area contributed by atoms with E-state index in [9.17, 15) is 0 Å². The molecule has 4 N–H and O–H groups in total. The van der Waals surface area contributed by atoms with Gasteiger partial charge in [-0.05, 0) is 30.7 Å². The highest BCUT2D eigenvalue weighted by Crippen LogP contribution is 2.33. The lowest BCUT2D eigenvalue weighted by atomic mass is 10.0. The molecular weight excluding hydrogens is 410 g/mol. The number of fused-ring (bicyclic) bond motifs is 2. The van der Waals surface area contributed by atoms with Gasteiger partial charge in [0.1, 0.15) is 28.5 Å². The van der Waals surface area contributed by atoms with Crippen LogP contribution < -0.4 is 21.1 Å². The predicted octanol–water partition coefficient (Wildman–Crippen LogP) is 3.66. The zero-order valence-corrected chi connectivity index (χ0v) is 17.8. The lowest BCUT2D eigenvalue weighted by molar-refractivity contribution is 0.331. The SMILES string of the molecule is C=Cc1c(C)nc(N)nc1N1CCOc2ccc(-c3cnc4sc(N)nc4c3)cc2C1. The first kappa shape index (κ1) is 19.3. The fraction of sp³-hybridized carbons (Fsp3) is 0.182. The van der Waals surface area contributed by atoms with E-state index in [1.807, 2.05) is 31.3 Å². The summed E-state index contributed by atoms with van der Waals surface area (Å²) < 4.78 is 6.01. The second-order valence-corrected chi connectivity index (χ2v) is 8.31. The van der Waals surface area contributed by atoms with Crippen molar-refractivity contribution in [1.82, 2.24) is 19.9 Å². The Hall–Kier alpha value is -3.72. The molecule has 8 nitrogen and oxygen atoms in total. The second kappa shape index (κ2) is 7.51. The van der Waals surface area contributed by atoms with Crippen LogP contribution in [0.25, 0.3) is 27.6 Å². The van der Waals surface area contributed by atoms with Crippen molar-refractivity contribution in [2.75, 3.05) is 29.5 Å². The molecule has 31 heavy (non-hydrogen) atoms. The lowest BCUT2D eigenvalue weighted by Gasteiger charge is -2.23. The molecule has 5 rings (SSSR count). The average molecular weight is 432 g/mol. The first-order valence-corrected chi connectivity index (χ1v) is 10.6. The number of hydrogen-bond acceptors (Lipinski definition) is 9. The molecule has 9 heteroatoms. The fourth-order valence-corrected chi connectivity index (χ4v) is 4.48. The molecule has 1 aromatic carbocycles. The topological polar surface area (TPSA) is 116 Å². The number of anilines is 3. The summed E-state index contributed by atoms with van der Waals surface area (Å²) in [5, 5.41) is 0.517. The summed E-state index contributed by atoms with van der Waals surface area (Å²) in [5.41, 5.74) is 17.3. The van der Waals surface area contributed by atoms with Gasteiger partial charge in [0.05, 0.1) is 12.2 Å². The first-order valence-electron chi connectivity index (χ1n) is 9.81. The van der Waals surface area contributed by atoms with E-state index in [0.717, 1.165) is 49.9 Å². The van der Waals surface area contributed by atoms with Crippen molar-refractivity contribution in [3.05, 3.63) is 53.9 Å². The Labute approximate surface area is 183 Å². The monoisotopic (exact) mass is 431 g/mol. The van der Waals surface area contributed by atoms with E-state index in [1.54, 1.807) is 6.08 Å². The van der Waals surface area contributed by atoms with Crippen molar-refractivity contribution >= 4 is 44.7 Å². The lowest BCUT2D eigenvalue weighted by Crippen LogP contribution is -2.27. The molecular formula is C22H21N7OS. The van der Waals surface area contributed by atoms with Gasteiger partial charge in [0.15, 0.2) is 5.13 Å². The first-order chi connectivity index (χ1) is 15.0. The minimum atomic E-state index is 0.249. The van der Waals surface area contributed by atoms with Gasteiger partial charge < -0.3 is 21.1 Å². The van der Waals surface area contributed by atoms with Crippen molar-refractivity contribution in [2.24, 2.45) is 0 Å². The number of rotatable bonds is 3. The highest BCUT2D eigenvalue weighted by Gasteiger charge is 2.21. The summed E-state index contributed by atoms with van der Waals surface area (Å²) >= 11 is 1.38. The van der Waals surface area contributed by atoms with E-state index in [0.29, 0.717) is 24.8 Å². The quantitative estimate of drug-likeness (QED) is 0.505. The zero-order valence-electron chi connectivity index (χ0n) is 17.0. The third kappa shape index (κ3) is 3.53. The summed E-state index contributed by atoms with van der Waals surface area (Å²) in [4.78, 5) is 20.6. The molecule has 0 spiro atoms. The van der Waals surface area contributed by atoms with Crippen LogP contribution in [0, 0.1) is 6.92 Å². The normalized spacial score (nSPS) is 13.5. The van der Waals surface area contributed by atoms with E-state index < -0.39 is 0 Å². The summed E-state index contributed by atoms with van der Waals surface area (Å²) in [7, 11) is 0. The minimum Gasteiger partial charge on any atom is -0.491 e. The summed E-state index contributed by atoms with van der Waals surface area (Å²) in [6.07, 6.45) is 3.62. The summed E-state index contributed by atoms with van der Waals surface area (Å²) in [6, 6.07) is 8.17. The number of hydrogen-bond donors (Lipinski definition) is 2. The van der Waals surface area contributed by atoms with Gasteiger partial charge in [0.25, 0.3) is 0 Å². The molecule has 4 heterocycles. The minimum absolute atomic E-state index is 0.249. The maximum absolute atomic E-state index is 6.01. The molecule has 1 aliphatic rings. The van der Waals surface area contributed by atoms with Gasteiger partial charge >= 0.3 is 0 Å². The molecule has 0 radical (unpaired) electrons. The van der Waals surface area contributed by atoms with Crippen molar-refractivity contribution < 1.29 is 4.74 Å². The van der Waals surface area contributed by atoms with Gasteiger partial charge in [0, 0.05) is 29.4 Å². The number of ether oxygens (including phenoxy) is 1. The third-order valence-electron chi connectivity index (χ3n) is 5.27. The Kier molecular flexibility index (Phi) is 4.67. The number of benzene rings is 1. The van der Waals surface area contributed by atoms with Crippen LogP contribution >= 0.6 is 11.3 Å². The molecule has 0 amide bonds. The molecule has 0 bridgehead atoms. The highest BCUT2D eigenvalue weighted by molar-refractivity contribution is 7.21. The van der Waals surface area contributed by atoms with Crippen LogP contribution in [0.4, 0.5) is 16.9 Å². The number of aryl methyl sites for hydroxylation is 1. The third-order valence-corrected chi connectivity index (χ3v) is 6.08. The Balaban J connectivity index is 1.54. The predicted molar refractivity (Wildman–Crippen MR) is 125 cm³/mol. The number of aromatic nitrogens is 4. The van der Waals surface area contributed by atoms with Crippen LogP contribution in [0.1, 0.15) is 16.8 Å². The second-order valence-electron chi connectivity index (χ2n) is 7.30. The molecule has 0 saturated carbocycles. The molecule has 0 fully saturated rings. The van der Waals surface area contributed by atoms with Crippen molar-refractivity contribution in [3.8, 4) is 16.9 Å². The molecule has 0 atom stereocenters. The molecule has 1 aliphatic heterocycles. The Morgan fingerprint density at radius 1 is 1.16 bits per heavy atom. The maximum Gasteiger partial charge on any atom is 0.222 e. The van der Waals surface area contributed by atoms with Gasteiger partial charge in [-0.25, -0.2) is 15.0 Å². The molecule has 0 aliphatic carbocycles. The summed E-state index contributed by atoms with van der Waals surface area (Å²) in [5.74, 6) is 1.87. The molecule has 0 unspecified atom stereocenters. The van der Waals surface area contributed by atoms with Crippen LogP contribution in [0.2, 0.25) is 0 Å². The summed E-state index contributed by atoms with van der Waals surface area (Å²) in [6.45, 7) is 7.67. The van der Waals surface area contributed by atoms with Crippen LogP contribution in [0.15, 0.2) is 37.0 Å². The van der Waals surface area contributed by atoms with Crippen molar-refractivity contribution in [3.63, 3.8) is 0 Å². The molecule has 156 valence electrons. The van der Waals surface area contributed by atoms with Crippen LogP contribution in [0.3, 0.4) is 0 Å². The van der Waals surface area contributed by atoms with Gasteiger partial charge in [0.2, 0.25) is 5.95 Å². The van der Waals surface area contributed by atoms with Gasteiger partial charge in [-0.1, -0.05) is 30.1 Å². The van der Waals surface area contributed by atoms with Crippen LogP contribution in [-0.2, 0) is 6.54 Å². The molecule has 3 aromatic heterocycles. The molecule has 4 aromatic rings. The molecule has 0 saturated heterocycles. The number of nitrogens with zero attached hydrogens (tertiary/aromatic N) is 5. The fourth-order valence-electron chi connectivity index (χ4n) is 3.82. The largest absolute Gasteiger partial charge is 0.491 e. The Bertz CT molecular complexity index is 1320. The van der Waals surface area contributed by atoms with E-state index in [4.69, 9.17) is 16.2 Å². The number of nitrogens with two attached hydrogens (primary N) is 2. The van der Waals surface area contributed by atoms with Crippen LogP contribution in [-0.4, -0.2) is 33.1 Å². The van der Waals surface area contributed by atoms with E-state index in [2.05, 4.69) is 37.5 Å². The van der Waals surface area contributed by atoms with Gasteiger partial charge in [-0.3, -0.25) is 0 Å². The van der Waals surface area contributed by atoms with E-state index in [1.165, 1.54) is 11.3 Å². The maximum atomic E-state index is 6.01. The Morgan fingerprint density at radius 3 is 2.87 bits per heavy atom. The zero-order chi connectivity index (χ0) is 21.5. The smallest absolute Gasteiger partial charge is 0.222 e. The number of nitrogen functional groups attached to an aromatic ring is 2. The number of pyridine rings is 1. The average Bonchev–Trinajstić information content (AvgIpc) is 2.98. The van der Waals surface area contributed by atoms with E-state index >= 15 is 0 Å². The number of thiazole rings is 1. The van der Waals surface area contributed by atoms with Gasteiger partial charge in [-0.15, -0.1) is 0 Å². The van der Waals surface area contributed by atoms with E-state index in [-0.39, 0.29) is 5.95 Å². The van der Waals surface area contributed by atoms with Crippen LogP contribution in [0.5, 0.6) is 5.75 Å². The standard InChI is InChI=1S/C22H21N7OS/c1-3-16-12(2)26-21(23)28-19(16)29-6-7-30-18-5-4-13(8-15(18)11-29)14-9-17-20(25-10-14)31-22(24)27-17/h3-5,8-10H,1,6-7,11H2,2H3,(H2,24,27)(H2,23,26,28). The van der Waals surface area contributed by atoms with Crippen molar-refractivity contribution in [2.45, 2.75) is 13.5 Å². The highest BCUT2D eigenvalue weighted by atomic mass is 32.1. The van der Waals surface area contributed by atoms with Crippen molar-refractivity contribution in [1.29, 1.82) is 0 Å².